The zero-order valence-electron chi connectivity index (χ0n) is 13.8. The summed E-state index contributed by atoms with van der Waals surface area (Å²) in [7, 11) is 0. The van der Waals surface area contributed by atoms with Crippen LogP contribution in [-0.4, -0.2) is 39.9 Å². The highest BCUT2D eigenvalue weighted by Gasteiger charge is 2.34. The molecule has 1 N–H and O–H groups in total. The Kier molecular flexibility index (Phi) is 4.94. The van der Waals surface area contributed by atoms with Gasteiger partial charge in [-0.3, -0.25) is 4.79 Å². The minimum Gasteiger partial charge on any atom is -0.347 e. The molecule has 1 atom stereocenters. The number of carbonyl (C=O) groups excluding carboxylic acids is 1. The van der Waals surface area contributed by atoms with Crippen molar-refractivity contribution in [3.63, 3.8) is 0 Å². The number of rotatable bonds is 3. The second kappa shape index (κ2) is 7.19. The van der Waals surface area contributed by atoms with Crippen molar-refractivity contribution in [2.75, 3.05) is 13.1 Å². The predicted molar refractivity (Wildman–Crippen MR) is 85.5 cm³/mol. The molecule has 0 saturated carbocycles. The van der Waals surface area contributed by atoms with Gasteiger partial charge in [-0.15, -0.1) is 0 Å². The Morgan fingerprint density at radius 1 is 1.33 bits per heavy atom. The van der Waals surface area contributed by atoms with Gasteiger partial charge in [0.1, 0.15) is 5.82 Å². The van der Waals surface area contributed by atoms with E-state index < -0.39 is 23.7 Å². The van der Waals surface area contributed by atoms with Crippen LogP contribution in [0.3, 0.4) is 0 Å². The average Bonchev–Trinajstić information content (AvgIpc) is 3.08. The monoisotopic (exact) mass is 379 g/mol. The fourth-order valence-electron chi connectivity index (χ4n) is 2.75. The molecule has 3 rings (SSSR count). The van der Waals surface area contributed by atoms with Gasteiger partial charge in [0.05, 0.1) is 11.3 Å². The lowest BCUT2D eigenvalue weighted by Gasteiger charge is -2.13. The first-order valence-electron chi connectivity index (χ1n) is 7.93. The number of nitrogens with one attached hydrogen (secondary N) is 1. The van der Waals surface area contributed by atoms with E-state index >= 15 is 0 Å². The summed E-state index contributed by atoms with van der Waals surface area (Å²) in [5.41, 5.74) is -0.253. The van der Waals surface area contributed by atoms with Gasteiger partial charge in [-0.1, -0.05) is 6.07 Å². The lowest BCUT2D eigenvalue weighted by molar-refractivity contribution is -0.144. The fourth-order valence-corrected chi connectivity index (χ4v) is 2.75. The number of benzene rings is 1. The number of likely N-dealkylation sites (tertiary alicyclic amines) is 1. The Bertz CT molecular complexity index is 909. The summed E-state index contributed by atoms with van der Waals surface area (Å²) in [4.78, 5) is 20.3. The van der Waals surface area contributed by atoms with Crippen LogP contribution in [0.5, 0.6) is 0 Å². The van der Waals surface area contributed by atoms with E-state index in [4.69, 9.17) is 5.26 Å². The van der Waals surface area contributed by atoms with Gasteiger partial charge < -0.3 is 10.2 Å². The summed E-state index contributed by atoms with van der Waals surface area (Å²) in [6, 6.07) is 4.41. The first kappa shape index (κ1) is 18.6. The summed E-state index contributed by atoms with van der Waals surface area (Å²) in [5, 5.41) is 11.5. The molecular weight excluding hydrogens is 366 g/mol. The molecule has 10 heteroatoms. The molecule has 0 aliphatic carbocycles. The average molecular weight is 379 g/mol. The van der Waals surface area contributed by atoms with Gasteiger partial charge in [0.25, 0.3) is 5.91 Å². The maximum Gasteiger partial charge on any atom is 0.451 e. The molecule has 1 fully saturated rings. The Hall–Kier alpha value is -3.22. The Morgan fingerprint density at radius 2 is 2.11 bits per heavy atom. The van der Waals surface area contributed by atoms with Crippen molar-refractivity contribution in [3.8, 4) is 17.5 Å². The lowest BCUT2D eigenvalue weighted by Crippen LogP contribution is -2.36. The highest BCUT2D eigenvalue weighted by Crippen LogP contribution is 2.28. The molecule has 1 aromatic carbocycles. The molecule has 140 valence electrons. The van der Waals surface area contributed by atoms with E-state index in [-0.39, 0.29) is 22.9 Å². The summed E-state index contributed by atoms with van der Waals surface area (Å²) in [5.74, 6) is -2.86. The number of halogens is 4. The molecule has 1 saturated heterocycles. The third-order valence-electron chi connectivity index (χ3n) is 4.08. The normalized spacial score (nSPS) is 16.9. The molecule has 27 heavy (non-hydrogen) atoms. The third-order valence-corrected chi connectivity index (χ3v) is 4.08. The minimum absolute atomic E-state index is 0.0912. The highest BCUT2D eigenvalue weighted by atomic mass is 19.4. The standard InChI is InChI=1S/C17H13F4N5O/c18-13-7-10(14-3-5-23-16(25-14)17(19,20)21)1-2-12(13)15(27)24-11-4-6-26(8-11)9-22/h1-3,5,7,11H,4,6,8H2,(H,24,27). The minimum atomic E-state index is -4.72. The molecule has 1 aliphatic heterocycles. The fraction of sp³-hybridized carbons (Fsp3) is 0.294. The Balaban J connectivity index is 1.78. The molecule has 2 heterocycles. The van der Waals surface area contributed by atoms with Gasteiger partial charge >= 0.3 is 6.18 Å². The van der Waals surface area contributed by atoms with Crippen LogP contribution in [0.2, 0.25) is 0 Å². The van der Waals surface area contributed by atoms with Crippen molar-refractivity contribution in [1.82, 2.24) is 20.2 Å². The van der Waals surface area contributed by atoms with Crippen LogP contribution in [0, 0.1) is 17.3 Å². The van der Waals surface area contributed by atoms with Gasteiger partial charge in [-0.05, 0) is 24.6 Å². The van der Waals surface area contributed by atoms with Crippen molar-refractivity contribution < 1.29 is 22.4 Å². The number of amides is 1. The first-order valence-corrected chi connectivity index (χ1v) is 7.93. The quantitative estimate of drug-likeness (QED) is 0.655. The first-order chi connectivity index (χ1) is 12.8. The maximum absolute atomic E-state index is 14.3. The number of aromatic nitrogens is 2. The Labute approximate surface area is 151 Å². The molecular formula is C17H13F4N5O. The molecule has 0 spiro atoms. The van der Waals surface area contributed by atoms with Crippen molar-refractivity contribution in [3.05, 3.63) is 47.7 Å². The maximum atomic E-state index is 14.3. The summed E-state index contributed by atoms with van der Waals surface area (Å²) in [6.45, 7) is 0.862. The van der Waals surface area contributed by atoms with Gasteiger partial charge in [0.15, 0.2) is 6.19 Å². The van der Waals surface area contributed by atoms with Gasteiger partial charge in [-0.2, -0.15) is 18.4 Å². The largest absolute Gasteiger partial charge is 0.451 e. The Morgan fingerprint density at radius 3 is 2.74 bits per heavy atom. The van der Waals surface area contributed by atoms with Crippen LogP contribution in [0.25, 0.3) is 11.3 Å². The molecule has 1 aromatic heterocycles. The van der Waals surface area contributed by atoms with Crippen LogP contribution in [0.4, 0.5) is 17.6 Å². The predicted octanol–water partition coefficient (Wildman–Crippen LogP) is 2.59. The van der Waals surface area contributed by atoms with Gasteiger partial charge in [0.2, 0.25) is 5.82 Å². The number of hydrogen-bond donors (Lipinski definition) is 1. The van der Waals surface area contributed by atoms with Crippen molar-refractivity contribution in [2.45, 2.75) is 18.6 Å². The smallest absolute Gasteiger partial charge is 0.347 e. The number of carbonyl (C=O) groups is 1. The van der Waals surface area contributed by atoms with Crippen LogP contribution < -0.4 is 5.32 Å². The van der Waals surface area contributed by atoms with E-state index in [1.165, 1.54) is 23.1 Å². The van der Waals surface area contributed by atoms with Crippen molar-refractivity contribution in [1.29, 1.82) is 5.26 Å². The van der Waals surface area contributed by atoms with E-state index in [1.807, 2.05) is 6.19 Å². The van der Waals surface area contributed by atoms with Gasteiger partial charge in [-0.25, -0.2) is 14.4 Å². The topological polar surface area (TPSA) is 81.9 Å². The summed E-state index contributed by atoms with van der Waals surface area (Å²) >= 11 is 0. The van der Waals surface area contributed by atoms with E-state index in [0.29, 0.717) is 19.5 Å². The highest BCUT2D eigenvalue weighted by molar-refractivity contribution is 5.95. The van der Waals surface area contributed by atoms with Crippen LogP contribution in [-0.2, 0) is 6.18 Å². The van der Waals surface area contributed by atoms with Gasteiger partial charge in [0, 0.05) is 30.9 Å². The molecule has 1 unspecified atom stereocenters. The third kappa shape index (κ3) is 4.13. The SMILES string of the molecule is N#CN1CCC(NC(=O)c2ccc(-c3ccnc(C(F)(F)F)n3)cc2F)C1. The van der Waals surface area contributed by atoms with Crippen LogP contribution in [0.1, 0.15) is 22.6 Å². The lowest BCUT2D eigenvalue weighted by atomic mass is 10.1. The molecule has 6 nitrogen and oxygen atoms in total. The van der Waals surface area contributed by atoms with Crippen LogP contribution >= 0.6 is 0 Å². The van der Waals surface area contributed by atoms with E-state index in [9.17, 15) is 22.4 Å². The van der Waals surface area contributed by atoms with E-state index in [1.54, 1.807) is 0 Å². The molecule has 0 bridgehead atoms. The second-order valence-electron chi connectivity index (χ2n) is 5.96. The van der Waals surface area contributed by atoms with E-state index in [2.05, 4.69) is 15.3 Å². The zero-order chi connectivity index (χ0) is 19.6. The molecule has 1 aliphatic rings. The van der Waals surface area contributed by atoms with Crippen molar-refractivity contribution in [2.24, 2.45) is 0 Å². The zero-order valence-corrected chi connectivity index (χ0v) is 13.8. The van der Waals surface area contributed by atoms with Crippen molar-refractivity contribution >= 4 is 5.91 Å². The number of nitrogens with zero attached hydrogens (tertiary/aromatic N) is 4. The number of nitriles is 1. The number of alkyl halides is 3. The number of hydrogen-bond acceptors (Lipinski definition) is 5. The second-order valence-corrected chi connectivity index (χ2v) is 5.96. The molecule has 1 amide bonds. The molecule has 0 radical (unpaired) electrons. The van der Waals surface area contributed by atoms with Crippen LogP contribution in [0.15, 0.2) is 30.5 Å². The summed E-state index contributed by atoms with van der Waals surface area (Å²) < 4.78 is 52.5. The summed E-state index contributed by atoms with van der Waals surface area (Å²) in [6.07, 6.45) is -1.24. The molecule has 2 aromatic rings. The van der Waals surface area contributed by atoms with E-state index in [0.717, 1.165) is 12.3 Å².